The standard InChI is InChI=1S/C15H14Br2N2O/c16-12-4-1-3-11(9-12)7-8-18-15(20)19-14-6-2-5-13(17)10-14/h1-6,9-10H,7-8H2,(H2,18,19,20). The Morgan fingerprint density at radius 3 is 2.40 bits per heavy atom. The second-order valence-electron chi connectivity index (χ2n) is 4.27. The second kappa shape index (κ2) is 7.45. The first kappa shape index (κ1) is 15.1. The zero-order valence-corrected chi connectivity index (χ0v) is 13.9. The predicted molar refractivity (Wildman–Crippen MR) is 89.0 cm³/mol. The summed E-state index contributed by atoms with van der Waals surface area (Å²) in [5.74, 6) is 0. The van der Waals surface area contributed by atoms with E-state index >= 15 is 0 Å². The van der Waals surface area contributed by atoms with Gasteiger partial charge >= 0.3 is 6.03 Å². The molecule has 2 N–H and O–H groups in total. The van der Waals surface area contributed by atoms with E-state index in [2.05, 4.69) is 42.5 Å². The lowest BCUT2D eigenvalue weighted by Gasteiger charge is -2.08. The van der Waals surface area contributed by atoms with Crippen molar-refractivity contribution >= 4 is 43.6 Å². The van der Waals surface area contributed by atoms with Crippen LogP contribution in [0.15, 0.2) is 57.5 Å². The van der Waals surface area contributed by atoms with Crippen LogP contribution in [0, 0.1) is 0 Å². The maximum atomic E-state index is 11.7. The van der Waals surface area contributed by atoms with Crippen LogP contribution in [0.4, 0.5) is 10.5 Å². The molecule has 2 aromatic rings. The molecule has 0 bridgehead atoms. The van der Waals surface area contributed by atoms with E-state index in [-0.39, 0.29) is 6.03 Å². The Labute approximate surface area is 135 Å². The van der Waals surface area contributed by atoms with E-state index in [0.29, 0.717) is 6.54 Å². The van der Waals surface area contributed by atoms with E-state index in [1.54, 1.807) is 0 Å². The van der Waals surface area contributed by atoms with Crippen molar-refractivity contribution in [1.29, 1.82) is 0 Å². The van der Waals surface area contributed by atoms with Crippen LogP contribution in [-0.4, -0.2) is 12.6 Å². The van der Waals surface area contributed by atoms with E-state index in [9.17, 15) is 4.79 Å². The van der Waals surface area contributed by atoms with Crippen LogP contribution in [0.1, 0.15) is 5.56 Å². The maximum absolute atomic E-state index is 11.7. The Bertz CT molecular complexity index is 602. The Hall–Kier alpha value is -1.33. The molecular weight excluding hydrogens is 384 g/mol. The third kappa shape index (κ3) is 4.98. The lowest BCUT2D eigenvalue weighted by molar-refractivity contribution is 0.252. The van der Waals surface area contributed by atoms with E-state index in [1.165, 1.54) is 5.56 Å². The molecular formula is C15H14Br2N2O. The summed E-state index contributed by atoms with van der Waals surface area (Å²) in [5, 5.41) is 5.63. The number of hydrogen-bond donors (Lipinski definition) is 2. The van der Waals surface area contributed by atoms with Crippen LogP contribution in [0.25, 0.3) is 0 Å². The SMILES string of the molecule is O=C(NCCc1cccc(Br)c1)Nc1cccc(Br)c1. The van der Waals surface area contributed by atoms with Crippen LogP contribution in [-0.2, 0) is 6.42 Å². The summed E-state index contributed by atoms with van der Waals surface area (Å²) < 4.78 is 1.98. The highest BCUT2D eigenvalue weighted by molar-refractivity contribution is 9.10. The first-order valence-electron chi connectivity index (χ1n) is 6.18. The van der Waals surface area contributed by atoms with Gasteiger partial charge in [-0.3, -0.25) is 0 Å². The van der Waals surface area contributed by atoms with Crippen LogP contribution in [0.5, 0.6) is 0 Å². The highest BCUT2D eigenvalue weighted by Gasteiger charge is 2.01. The topological polar surface area (TPSA) is 41.1 Å². The van der Waals surface area contributed by atoms with Crippen LogP contribution in [0.2, 0.25) is 0 Å². The molecule has 2 amide bonds. The molecule has 0 aliphatic rings. The van der Waals surface area contributed by atoms with Gasteiger partial charge in [-0.25, -0.2) is 4.79 Å². The van der Waals surface area contributed by atoms with Gasteiger partial charge < -0.3 is 10.6 Å². The fourth-order valence-electron chi connectivity index (χ4n) is 1.75. The summed E-state index contributed by atoms with van der Waals surface area (Å²) >= 11 is 6.80. The molecule has 20 heavy (non-hydrogen) atoms. The number of hydrogen-bond acceptors (Lipinski definition) is 1. The lowest BCUT2D eigenvalue weighted by Crippen LogP contribution is -2.30. The minimum absolute atomic E-state index is 0.196. The molecule has 0 aromatic heterocycles. The molecule has 0 saturated carbocycles. The molecule has 0 aliphatic heterocycles. The van der Waals surface area contributed by atoms with Gasteiger partial charge in [0.25, 0.3) is 0 Å². The number of rotatable bonds is 4. The van der Waals surface area contributed by atoms with Crippen molar-refractivity contribution in [3.05, 3.63) is 63.0 Å². The van der Waals surface area contributed by atoms with Gasteiger partial charge in [-0.2, -0.15) is 0 Å². The van der Waals surface area contributed by atoms with Crippen LogP contribution in [0.3, 0.4) is 0 Å². The average Bonchev–Trinajstić information content (AvgIpc) is 2.38. The molecule has 104 valence electrons. The molecule has 0 unspecified atom stereocenters. The van der Waals surface area contributed by atoms with Crippen molar-refractivity contribution in [1.82, 2.24) is 5.32 Å². The summed E-state index contributed by atoms with van der Waals surface area (Å²) in [7, 11) is 0. The highest BCUT2D eigenvalue weighted by Crippen LogP contribution is 2.15. The van der Waals surface area contributed by atoms with Gasteiger partial charge in [0.1, 0.15) is 0 Å². The first-order chi connectivity index (χ1) is 9.63. The molecule has 3 nitrogen and oxygen atoms in total. The number of anilines is 1. The molecule has 2 aromatic carbocycles. The fraction of sp³-hybridized carbons (Fsp3) is 0.133. The number of carbonyl (C=O) groups excluding carboxylic acids is 1. The van der Waals surface area contributed by atoms with Crippen molar-refractivity contribution in [2.24, 2.45) is 0 Å². The van der Waals surface area contributed by atoms with Crippen molar-refractivity contribution in [3.8, 4) is 0 Å². The summed E-state index contributed by atoms with van der Waals surface area (Å²) in [4.78, 5) is 11.7. The summed E-state index contributed by atoms with van der Waals surface area (Å²) in [5.41, 5.74) is 1.95. The fourth-order valence-corrected chi connectivity index (χ4v) is 2.60. The molecule has 0 fully saturated rings. The molecule has 0 saturated heterocycles. The molecule has 0 aliphatic carbocycles. The van der Waals surface area contributed by atoms with Gasteiger partial charge in [0, 0.05) is 21.2 Å². The van der Waals surface area contributed by atoms with Gasteiger partial charge in [0.15, 0.2) is 0 Å². The van der Waals surface area contributed by atoms with Gasteiger partial charge in [-0.05, 0) is 42.3 Å². The molecule has 0 radical (unpaired) electrons. The Balaban J connectivity index is 1.78. The number of benzene rings is 2. The minimum Gasteiger partial charge on any atom is -0.338 e. The smallest absolute Gasteiger partial charge is 0.319 e. The largest absolute Gasteiger partial charge is 0.338 e. The zero-order chi connectivity index (χ0) is 14.4. The summed E-state index contributed by atoms with van der Waals surface area (Å²) in [6.07, 6.45) is 0.797. The summed E-state index contributed by atoms with van der Waals surface area (Å²) in [6.45, 7) is 0.594. The number of carbonyl (C=O) groups is 1. The van der Waals surface area contributed by atoms with Crippen LogP contribution < -0.4 is 10.6 Å². The van der Waals surface area contributed by atoms with Crippen molar-refractivity contribution in [3.63, 3.8) is 0 Å². The van der Waals surface area contributed by atoms with Gasteiger partial charge in [-0.1, -0.05) is 50.1 Å². The zero-order valence-electron chi connectivity index (χ0n) is 10.7. The van der Waals surface area contributed by atoms with E-state index in [1.807, 2.05) is 48.5 Å². The van der Waals surface area contributed by atoms with Gasteiger partial charge in [-0.15, -0.1) is 0 Å². The molecule has 5 heteroatoms. The molecule has 0 heterocycles. The third-order valence-corrected chi connectivity index (χ3v) is 3.66. The van der Waals surface area contributed by atoms with Crippen LogP contribution >= 0.6 is 31.9 Å². The molecule has 2 rings (SSSR count). The third-order valence-electron chi connectivity index (χ3n) is 2.67. The molecule has 0 spiro atoms. The minimum atomic E-state index is -0.196. The first-order valence-corrected chi connectivity index (χ1v) is 7.77. The Kier molecular flexibility index (Phi) is 5.61. The average molecular weight is 398 g/mol. The molecule has 0 atom stereocenters. The highest BCUT2D eigenvalue weighted by atomic mass is 79.9. The number of amides is 2. The number of urea groups is 1. The van der Waals surface area contributed by atoms with Crippen molar-refractivity contribution in [2.45, 2.75) is 6.42 Å². The van der Waals surface area contributed by atoms with Crippen molar-refractivity contribution in [2.75, 3.05) is 11.9 Å². The van der Waals surface area contributed by atoms with Gasteiger partial charge in [0.2, 0.25) is 0 Å². The maximum Gasteiger partial charge on any atom is 0.319 e. The Morgan fingerprint density at radius 2 is 1.70 bits per heavy atom. The predicted octanol–water partition coefficient (Wildman–Crippen LogP) is 4.58. The number of nitrogens with one attached hydrogen (secondary N) is 2. The number of halogens is 2. The van der Waals surface area contributed by atoms with E-state index in [0.717, 1.165) is 21.1 Å². The quantitative estimate of drug-likeness (QED) is 0.779. The summed E-state index contributed by atoms with van der Waals surface area (Å²) in [6, 6.07) is 15.4. The van der Waals surface area contributed by atoms with Gasteiger partial charge in [0.05, 0.1) is 0 Å². The second-order valence-corrected chi connectivity index (χ2v) is 6.10. The monoisotopic (exact) mass is 396 g/mol. The Morgan fingerprint density at radius 1 is 1.00 bits per heavy atom. The lowest BCUT2D eigenvalue weighted by atomic mass is 10.1. The van der Waals surface area contributed by atoms with E-state index < -0.39 is 0 Å². The van der Waals surface area contributed by atoms with E-state index in [4.69, 9.17) is 0 Å². The normalized spacial score (nSPS) is 10.1. The van der Waals surface area contributed by atoms with Crippen molar-refractivity contribution < 1.29 is 4.79 Å².